The molecule has 7 heteroatoms. The summed E-state index contributed by atoms with van der Waals surface area (Å²) in [5.74, 6) is 1.89. The molecule has 1 saturated heterocycles. The lowest BCUT2D eigenvalue weighted by atomic mass is 9.93. The number of para-hydroxylation sites is 1. The van der Waals surface area contributed by atoms with E-state index in [1.807, 2.05) is 6.07 Å². The van der Waals surface area contributed by atoms with E-state index in [-0.39, 0.29) is 6.04 Å². The molecule has 0 spiro atoms. The molecule has 1 aliphatic heterocycles. The van der Waals surface area contributed by atoms with Crippen LogP contribution in [-0.2, 0) is 0 Å². The number of ether oxygens (including phenoxy) is 1. The second kappa shape index (κ2) is 9.65. The van der Waals surface area contributed by atoms with Gasteiger partial charge in [0.25, 0.3) is 0 Å². The van der Waals surface area contributed by atoms with Gasteiger partial charge in [0.15, 0.2) is 5.82 Å². The van der Waals surface area contributed by atoms with Gasteiger partial charge in [-0.05, 0) is 42.2 Å². The van der Waals surface area contributed by atoms with E-state index in [4.69, 9.17) is 4.74 Å². The normalized spacial score (nSPS) is 23.3. The molecule has 7 nitrogen and oxygen atoms in total. The van der Waals surface area contributed by atoms with Crippen LogP contribution in [-0.4, -0.2) is 69.3 Å². The number of aromatic nitrogens is 4. The Morgan fingerprint density at radius 1 is 0.871 bits per heavy atom. The van der Waals surface area contributed by atoms with E-state index >= 15 is 0 Å². The first-order valence-corrected chi connectivity index (χ1v) is 12.2. The highest BCUT2D eigenvalue weighted by atomic mass is 16.5. The number of methoxy groups -OCH3 is 1. The Morgan fingerprint density at radius 3 is 2.29 bits per heavy atom. The second-order valence-corrected chi connectivity index (χ2v) is 9.43. The van der Waals surface area contributed by atoms with Crippen LogP contribution in [0.15, 0.2) is 24.3 Å². The van der Waals surface area contributed by atoms with Gasteiger partial charge in [-0.2, -0.15) is 0 Å². The van der Waals surface area contributed by atoms with Crippen LogP contribution in [0.5, 0.6) is 5.75 Å². The summed E-state index contributed by atoms with van der Waals surface area (Å²) >= 11 is 0. The van der Waals surface area contributed by atoms with Crippen LogP contribution in [0.2, 0.25) is 0 Å². The van der Waals surface area contributed by atoms with Gasteiger partial charge in [0.05, 0.1) is 13.2 Å². The topological polar surface area (TPSA) is 59.3 Å². The Hall–Kier alpha value is -1.99. The van der Waals surface area contributed by atoms with Gasteiger partial charge in [-0.15, -0.1) is 5.10 Å². The molecule has 0 bridgehead atoms. The van der Waals surface area contributed by atoms with Crippen LogP contribution < -0.4 is 4.74 Å². The fraction of sp³-hybridized carbons (Fsp3) is 0.708. The lowest BCUT2D eigenvalue weighted by Gasteiger charge is -2.43. The zero-order valence-corrected chi connectivity index (χ0v) is 18.8. The van der Waals surface area contributed by atoms with Crippen LogP contribution in [0.25, 0.3) is 0 Å². The van der Waals surface area contributed by atoms with Crippen LogP contribution in [0.4, 0.5) is 0 Å². The van der Waals surface area contributed by atoms with Crippen molar-refractivity contribution in [2.24, 2.45) is 0 Å². The maximum absolute atomic E-state index is 5.78. The average Bonchev–Trinajstić information content (AvgIpc) is 3.53. The van der Waals surface area contributed by atoms with Gasteiger partial charge in [0.1, 0.15) is 11.8 Å². The molecule has 31 heavy (non-hydrogen) atoms. The summed E-state index contributed by atoms with van der Waals surface area (Å²) in [5.41, 5.74) is 1.17. The van der Waals surface area contributed by atoms with Crippen molar-refractivity contribution in [3.63, 3.8) is 0 Å². The molecule has 0 radical (unpaired) electrons. The molecule has 3 aliphatic rings. The summed E-state index contributed by atoms with van der Waals surface area (Å²) in [6.07, 6.45) is 11.8. The van der Waals surface area contributed by atoms with Gasteiger partial charge >= 0.3 is 0 Å². The quantitative estimate of drug-likeness (QED) is 0.702. The van der Waals surface area contributed by atoms with E-state index in [0.717, 1.165) is 43.8 Å². The summed E-state index contributed by atoms with van der Waals surface area (Å²) < 4.78 is 7.90. The molecule has 1 aromatic carbocycles. The number of nitrogens with zero attached hydrogens (tertiary/aromatic N) is 6. The third-order valence-corrected chi connectivity index (χ3v) is 7.67. The number of tetrazole rings is 1. The van der Waals surface area contributed by atoms with E-state index in [1.165, 1.54) is 63.4 Å². The molecule has 0 unspecified atom stereocenters. The van der Waals surface area contributed by atoms with Crippen LogP contribution >= 0.6 is 0 Å². The van der Waals surface area contributed by atoms with E-state index in [0.29, 0.717) is 6.04 Å². The summed E-state index contributed by atoms with van der Waals surface area (Å²) in [6, 6.07) is 9.62. The standard InChI is InChI=1S/C24H36N6O/c1-31-22-14-8-7-13-21(22)23(24-25-26-27-30(24)20-11-5-6-12-20)29-17-15-28(16-18-29)19-9-3-2-4-10-19/h7-8,13-14,19-20,23H,2-6,9-12,15-18H2,1H3/t23-/m1/s1. The maximum atomic E-state index is 5.78. The summed E-state index contributed by atoms with van der Waals surface area (Å²) in [6.45, 7) is 4.33. The molecule has 0 amide bonds. The number of hydrogen-bond donors (Lipinski definition) is 0. The first-order chi connectivity index (χ1) is 15.3. The molecular weight excluding hydrogens is 388 g/mol. The van der Waals surface area contributed by atoms with Gasteiger partial charge in [0, 0.05) is 37.8 Å². The number of piperazine rings is 1. The molecule has 3 fully saturated rings. The number of rotatable bonds is 6. The predicted molar refractivity (Wildman–Crippen MR) is 120 cm³/mol. The van der Waals surface area contributed by atoms with Crippen molar-refractivity contribution < 1.29 is 4.74 Å². The Morgan fingerprint density at radius 2 is 1.55 bits per heavy atom. The van der Waals surface area contributed by atoms with E-state index < -0.39 is 0 Å². The van der Waals surface area contributed by atoms with Crippen molar-refractivity contribution in [1.29, 1.82) is 0 Å². The average molecular weight is 425 g/mol. The van der Waals surface area contributed by atoms with E-state index in [2.05, 4.69) is 48.2 Å². The molecule has 2 aromatic rings. The van der Waals surface area contributed by atoms with Crippen molar-refractivity contribution >= 4 is 0 Å². The fourth-order valence-electron chi connectivity index (χ4n) is 5.99. The lowest BCUT2D eigenvalue weighted by molar-refractivity contribution is 0.0610. The molecular formula is C24H36N6O. The van der Waals surface area contributed by atoms with Crippen molar-refractivity contribution in [3.8, 4) is 5.75 Å². The number of benzene rings is 1. The minimum Gasteiger partial charge on any atom is -0.496 e. The van der Waals surface area contributed by atoms with Crippen molar-refractivity contribution in [1.82, 2.24) is 30.0 Å². The first kappa shape index (κ1) is 20.9. The molecule has 2 aliphatic carbocycles. The number of hydrogen-bond acceptors (Lipinski definition) is 6. The first-order valence-electron chi connectivity index (χ1n) is 12.2. The minimum atomic E-state index is 0.0280. The maximum Gasteiger partial charge on any atom is 0.173 e. The third-order valence-electron chi connectivity index (χ3n) is 7.67. The largest absolute Gasteiger partial charge is 0.496 e. The van der Waals surface area contributed by atoms with Crippen molar-refractivity contribution in [3.05, 3.63) is 35.7 Å². The monoisotopic (exact) mass is 424 g/mol. The Kier molecular flexibility index (Phi) is 6.50. The highest BCUT2D eigenvalue weighted by Gasteiger charge is 2.35. The molecule has 168 valence electrons. The van der Waals surface area contributed by atoms with E-state index in [9.17, 15) is 0 Å². The van der Waals surface area contributed by atoms with E-state index in [1.54, 1.807) is 7.11 Å². The predicted octanol–water partition coefficient (Wildman–Crippen LogP) is 3.84. The van der Waals surface area contributed by atoms with Gasteiger partial charge in [-0.3, -0.25) is 9.80 Å². The van der Waals surface area contributed by atoms with Gasteiger partial charge in [-0.25, -0.2) is 4.68 Å². The zero-order chi connectivity index (χ0) is 21.0. The summed E-state index contributed by atoms with van der Waals surface area (Å²) in [7, 11) is 1.76. The molecule has 2 saturated carbocycles. The highest BCUT2D eigenvalue weighted by molar-refractivity contribution is 5.39. The lowest BCUT2D eigenvalue weighted by Crippen LogP contribution is -2.52. The SMILES string of the molecule is COc1ccccc1[C@H](c1nnnn1C1CCCC1)N1CCN(C2CCCCC2)CC1. The second-order valence-electron chi connectivity index (χ2n) is 9.43. The third kappa shape index (κ3) is 4.35. The fourth-order valence-corrected chi connectivity index (χ4v) is 5.99. The van der Waals surface area contributed by atoms with Crippen LogP contribution in [0, 0.1) is 0 Å². The van der Waals surface area contributed by atoms with Gasteiger partial charge in [-0.1, -0.05) is 50.3 Å². The van der Waals surface area contributed by atoms with Gasteiger partial charge in [0.2, 0.25) is 0 Å². The zero-order valence-electron chi connectivity index (χ0n) is 18.8. The molecule has 2 heterocycles. The molecule has 1 atom stereocenters. The van der Waals surface area contributed by atoms with Crippen LogP contribution in [0.1, 0.15) is 81.3 Å². The Bertz CT molecular complexity index is 834. The van der Waals surface area contributed by atoms with Crippen molar-refractivity contribution in [2.75, 3.05) is 33.3 Å². The van der Waals surface area contributed by atoms with Crippen LogP contribution in [0.3, 0.4) is 0 Å². The highest BCUT2D eigenvalue weighted by Crippen LogP contribution is 2.38. The van der Waals surface area contributed by atoms with Crippen molar-refractivity contribution in [2.45, 2.75) is 75.9 Å². The summed E-state index contributed by atoms with van der Waals surface area (Å²) in [5, 5.41) is 13.2. The molecule has 0 N–H and O–H groups in total. The minimum absolute atomic E-state index is 0.0280. The Balaban J connectivity index is 1.42. The molecule has 5 rings (SSSR count). The smallest absolute Gasteiger partial charge is 0.173 e. The van der Waals surface area contributed by atoms with Gasteiger partial charge < -0.3 is 4.74 Å². The molecule has 1 aromatic heterocycles. The Labute approximate surface area is 185 Å². The summed E-state index contributed by atoms with van der Waals surface area (Å²) in [4.78, 5) is 5.31.